The van der Waals surface area contributed by atoms with Gasteiger partial charge in [-0.15, -0.1) is 0 Å². The third-order valence-corrected chi connectivity index (χ3v) is 4.10. The maximum atomic E-state index is 5.83. The first kappa shape index (κ1) is 14.3. The van der Waals surface area contributed by atoms with Gasteiger partial charge in [0, 0.05) is 17.6 Å². The Kier molecular flexibility index (Phi) is 4.42. The fourth-order valence-electron chi connectivity index (χ4n) is 2.74. The van der Waals surface area contributed by atoms with Gasteiger partial charge < -0.3 is 11.2 Å². The van der Waals surface area contributed by atoms with Gasteiger partial charge in [-0.1, -0.05) is 30.3 Å². The number of rotatable bonds is 3. The van der Waals surface area contributed by atoms with E-state index in [2.05, 4.69) is 43.3 Å². The quantitative estimate of drug-likeness (QED) is 0.832. The number of nitrogens with two attached hydrogens (primary N) is 1. The number of hydrazine groups is 1. The van der Waals surface area contributed by atoms with Crippen molar-refractivity contribution in [2.45, 2.75) is 52.1 Å². The second kappa shape index (κ2) is 5.88. The first-order chi connectivity index (χ1) is 8.99. The summed E-state index contributed by atoms with van der Waals surface area (Å²) in [6, 6.07) is 7.26. The van der Waals surface area contributed by atoms with Gasteiger partial charge in [0.15, 0.2) is 0 Å². The van der Waals surface area contributed by atoms with Crippen molar-refractivity contribution in [2.75, 3.05) is 5.43 Å². The molecule has 3 N–H and O–H groups in total. The smallest absolute Gasteiger partial charge is 0.106 e. The van der Waals surface area contributed by atoms with E-state index in [0.29, 0.717) is 17.1 Å². The molecule has 2 atom stereocenters. The molecular formula is C15H23N3S. The maximum absolute atomic E-state index is 5.83. The van der Waals surface area contributed by atoms with Crippen molar-refractivity contribution in [1.82, 2.24) is 5.01 Å². The summed E-state index contributed by atoms with van der Waals surface area (Å²) in [6.45, 7) is 6.58. The molecule has 0 amide bonds. The standard InChI is InChI=1S/C15H23N3S/c1-10-7-8-14(13(9-10)15(16)19)17-18-11(2)5-4-6-12(18)3/h7-9,11-12,17H,4-6H2,1-3H3,(H2,16,19). The molecule has 3 nitrogen and oxygen atoms in total. The van der Waals surface area contributed by atoms with Crippen LogP contribution < -0.4 is 11.2 Å². The van der Waals surface area contributed by atoms with Crippen LogP contribution in [0.3, 0.4) is 0 Å². The number of hydrogen-bond acceptors (Lipinski definition) is 3. The van der Waals surface area contributed by atoms with Gasteiger partial charge in [0.25, 0.3) is 0 Å². The molecule has 2 rings (SSSR count). The molecule has 1 aliphatic rings. The molecule has 0 aromatic heterocycles. The third kappa shape index (κ3) is 3.25. The van der Waals surface area contributed by atoms with Crippen LogP contribution in [0, 0.1) is 6.92 Å². The number of thiocarbonyl (C=S) groups is 1. The maximum Gasteiger partial charge on any atom is 0.106 e. The van der Waals surface area contributed by atoms with Gasteiger partial charge in [-0.3, -0.25) is 0 Å². The minimum absolute atomic E-state index is 0.448. The molecule has 104 valence electrons. The molecule has 0 radical (unpaired) electrons. The van der Waals surface area contributed by atoms with Crippen molar-refractivity contribution in [1.29, 1.82) is 0 Å². The Morgan fingerprint density at radius 3 is 2.53 bits per heavy atom. The zero-order valence-corrected chi connectivity index (χ0v) is 12.8. The van der Waals surface area contributed by atoms with E-state index in [0.717, 1.165) is 11.3 Å². The molecule has 0 bridgehead atoms. The highest BCUT2D eigenvalue weighted by molar-refractivity contribution is 7.80. The highest BCUT2D eigenvalue weighted by Gasteiger charge is 2.25. The van der Waals surface area contributed by atoms with E-state index in [4.69, 9.17) is 18.0 Å². The molecule has 1 heterocycles. The molecule has 1 aromatic rings. The molecule has 1 saturated heterocycles. The highest BCUT2D eigenvalue weighted by Crippen LogP contribution is 2.25. The molecule has 2 unspecified atom stereocenters. The Morgan fingerprint density at radius 1 is 1.32 bits per heavy atom. The first-order valence-electron chi connectivity index (χ1n) is 6.94. The summed E-state index contributed by atoms with van der Waals surface area (Å²) >= 11 is 5.16. The monoisotopic (exact) mass is 277 g/mol. The van der Waals surface area contributed by atoms with Gasteiger partial charge >= 0.3 is 0 Å². The van der Waals surface area contributed by atoms with Crippen molar-refractivity contribution >= 4 is 22.9 Å². The fourth-order valence-corrected chi connectivity index (χ4v) is 2.91. The molecular weight excluding hydrogens is 254 g/mol. The Morgan fingerprint density at radius 2 is 1.95 bits per heavy atom. The van der Waals surface area contributed by atoms with Crippen molar-refractivity contribution < 1.29 is 0 Å². The Balaban J connectivity index is 2.24. The van der Waals surface area contributed by atoms with Gasteiger partial charge in [-0.2, -0.15) is 0 Å². The SMILES string of the molecule is Cc1ccc(NN2C(C)CCCC2C)c(C(N)=S)c1. The van der Waals surface area contributed by atoms with Crippen LogP contribution in [-0.2, 0) is 0 Å². The van der Waals surface area contributed by atoms with E-state index in [1.54, 1.807) is 0 Å². The lowest BCUT2D eigenvalue weighted by Crippen LogP contribution is -2.47. The minimum atomic E-state index is 0.448. The second-order valence-corrected chi connectivity index (χ2v) is 6.00. The number of aryl methyl sites for hydroxylation is 1. The van der Waals surface area contributed by atoms with Gasteiger partial charge in [0.2, 0.25) is 0 Å². The summed E-state index contributed by atoms with van der Waals surface area (Å²) in [5, 5.41) is 2.33. The topological polar surface area (TPSA) is 41.3 Å². The predicted octanol–water partition coefficient (Wildman–Crippen LogP) is 3.22. The summed E-state index contributed by atoms with van der Waals surface area (Å²) in [7, 11) is 0. The summed E-state index contributed by atoms with van der Waals surface area (Å²) in [4.78, 5) is 0.448. The number of hydrogen-bond donors (Lipinski definition) is 2. The molecule has 1 fully saturated rings. The Labute approximate surface area is 121 Å². The van der Waals surface area contributed by atoms with Crippen LogP contribution in [0.2, 0.25) is 0 Å². The largest absolute Gasteiger partial charge is 0.389 e. The average Bonchev–Trinajstić information content (AvgIpc) is 2.35. The summed E-state index contributed by atoms with van der Waals surface area (Å²) in [5.41, 5.74) is 12.5. The minimum Gasteiger partial charge on any atom is -0.389 e. The Hall–Kier alpha value is -1.13. The molecule has 4 heteroatoms. The van der Waals surface area contributed by atoms with E-state index in [1.807, 2.05) is 6.07 Å². The number of benzene rings is 1. The van der Waals surface area contributed by atoms with E-state index >= 15 is 0 Å². The van der Waals surface area contributed by atoms with Gasteiger partial charge in [0.1, 0.15) is 4.99 Å². The summed E-state index contributed by atoms with van der Waals surface area (Å²) < 4.78 is 0. The predicted molar refractivity (Wildman–Crippen MR) is 85.3 cm³/mol. The lowest BCUT2D eigenvalue weighted by Gasteiger charge is -2.39. The molecule has 1 aromatic carbocycles. The number of piperidine rings is 1. The zero-order chi connectivity index (χ0) is 14.0. The van der Waals surface area contributed by atoms with Crippen molar-refractivity contribution in [2.24, 2.45) is 5.73 Å². The lowest BCUT2D eigenvalue weighted by atomic mass is 9.99. The van der Waals surface area contributed by atoms with E-state index in [9.17, 15) is 0 Å². The summed E-state index contributed by atoms with van der Waals surface area (Å²) in [5.74, 6) is 0. The van der Waals surface area contributed by atoms with Crippen LogP contribution in [0.4, 0.5) is 5.69 Å². The van der Waals surface area contributed by atoms with Crippen LogP contribution >= 0.6 is 12.2 Å². The number of nitrogens with zero attached hydrogens (tertiary/aromatic N) is 1. The van der Waals surface area contributed by atoms with Crippen molar-refractivity contribution in [3.05, 3.63) is 29.3 Å². The van der Waals surface area contributed by atoms with Crippen LogP contribution in [0.1, 0.15) is 44.2 Å². The van der Waals surface area contributed by atoms with E-state index in [1.165, 1.54) is 24.8 Å². The highest BCUT2D eigenvalue weighted by atomic mass is 32.1. The number of anilines is 1. The van der Waals surface area contributed by atoms with E-state index < -0.39 is 0 Å². The van der Waals surface area contributed by atoms with E-state index in [-0.39, 0.29) is 0 Å². The average molecular weight is 277 g/mol. The van der Waals surface area contributed by atoms with Gasteiger partial charge in [-0.25, -0.2) is 5.01 Å². The second-order valence-electron chi connectivity index (χ2n) is 5.56. The van der Waals surface area contributed by atoms with Gasteiger partial charge in [-0.05, 0) is 45.7 Å². The van der Waals surface area contributed by atoms with Crippen LogP contribution in [0.25, 0.3) is 0 Å². The Bertz CT molecular complexity index is 462. The summed E-state index contributed by atoms with van der Waals surface area (Å²) in [6.07, 6.45) is 3.76. The first-order valence-corrected chi connectivity index (χ1v) is 7.35. The fraction of sp³-hybridized carbons (Fsp3) is 0.533. The van der Waals surface area contributed by atoms with Crippen LogP contribution in [-0.4, -0.2) is 22.1 Å². The van der Waals surface area contributed by atoms with Crippen LogP contribution in [0.15, 0.2) is 18.2 Å². The zero-order valence-electron chi connectivity index (χ0n) is 11.9. The molecule has 0 saturated carbocycles. The van der Waals surface area contributed by atoms with Crippen molar-refractivity contribution in [3.8, 4) is 0 Å². The van der Waals surface area contributed by atoms with Crippen molar-refractivity contribution in [3.63, 3.8) is 0 Å². The molecule has 0 spiro atoms. The normalized spacial score (nSPS) is 24.2. The number of nitrogens with one attached hydrogen (secondary N) is 1. The molecule has 19 heavy (non-hydrogen) atoms. The third-order valence-electron chi connectivity index (χ3n) is 3.88. The lowest BCUT2D eigenvalue weighted by molar-refractivity contribution is 0.136. The molecule has 1 aliphatic heterocycles. The molecule has 0 aliphatic carbocycles. The van der Waals surface area contributed by atoms with Gasteiger partial charge in [0.05, 0.1) is 5.69 Å². The van der Waals surface area contributed by atoms with Crippen LogP contribution in [0.5, 0.6) is 0 Å².